The highest BCUT2D eigenvalue weighted by Gasteiger charge is 2.06. The Balaban J connectivity index is 1.85. The molecule has 0 aliphatic carbocycles. The molecular formula is C14H13N5O2. The molecule has 0 aliphatic heterocycles. The van der Waals surface area contributed by atoms with Gasteiger partial charge in [-0.1, -0.05) is 12.1 Å². The summed E-state index contributed by atoms with van der Waals surface area (Å²) in [5, 5.41) is 16.3. The number of anilines is 1. The number of carbonyl (C=O) groups is 1. The Morgan fingerprint density at radius 3 is 3.05 bits per heavy atom. The number of aryl methyl sites for hydroxylation is 1. The monoisotopic (exact) mass is 283 g/mol. The van der Waals surface area contributed by atoms with Crippen molar-refractivity contribution in [2.75, 3.05) is 5.32 Å². The fraction of sp³-hybridized carbons (Fsp3) is 0.143. The van der Waals surface area contributed by atoms with Gasteiger partial charge in [0.05, 0.1) is 5.56 Å². The molecule has 2 heterocycles. The third-order valence-electron chi connectivity index (χ3n) is 3.03. The van der Waals surface area contributed by atoms with Crippen LogP contribution in [0.1, 0.15) is 21.6 Å². The van der Waals surface area contributed by atoms with E-state index in [1.54, 1.807) is 22.7 Å². The van der Waals surface area contributed by atoms with E-state index in [4.69, 9.17) is 5.11 Å². The Hall–Kier alpha value is -2.96. The molecule has 0 unspecified atom stereocenters. The highest BCUT2D eigenvalue weighted by atomic mass is 16.4. The normalized spacial score (nSPS) is 10.7. The van der Waals surface area contributed by atoms with Crippen LogP contribution >= 0.6 is 0 Å². The summed E-state index contributed by atoms with van der Waals surface area (Å²) < 4.78 is 1.61. The van der Waals surface area contributed by atoms with Gasteiger partial charge in [-0.05, 0) is 24.6 Å². The highest BCUT2D eigenvalue weighted by Crippen LogP contribution is 2.12. The summed E-state index contributed by atoms with van der Waals surface area (Å²) >= 11 is 0. The van der Waals surface area contributed by atoms with Crippen LogP contribution < -0.4 is 5.32 Å². The van der Waals surface area contributed by atoms with Gasteiger partial charge in [-0.15, -0.1) is 0 Å². The molecule has 2 N–H and O–H groups in total. The van der Waals surface area contributed by atoms with Crippen molar-refractivity contribution in [3.8, 4) is 0 Å². The standard InChI is InChI=1S/C14H13N5O2/c1-9-5-12(19-14(18-9)16-8-17-19)15-7-10-3-2-4-11(6-10)13(20)21/h2-6,8,15H,7H2,1H3,(H,20,21). The first kappa shape index (κ1) is 13.0. The van der Waals surface area contributed by atoms with E-state index in [-0.39, 0.29) is 5.56 Å². The van der Waals surface area contributed by atoms with Crippen LogP contribution in [0, 0.1) is 6.92 Å². The molecule has 3 aromatic rings. The van der Waals surface area contributed by atoms with E-state index in [0.717, 1.165) is 17.1 Å². The number of aromatic nitrogens is 4. The molecule has 3 rings (SSSR count). The zero-order valence-electron chi connectivity index (χ0n) is 11.3. The van der Waals surface area contributed by atoms with Crippen molar-refractivity contribution < 1.29 is 9.90 Å². The van der Waals surface area contributed by atoms with Gasteiger partial charge < -0.3 is 10.4 Å². The topological polar surface area (TPSA) is 92.4 Å². The second-order valence-corrected chi connectivity index (χ2v) is 4.61. The number of fused-ring (bicyclic) bond motifs is 1. The van der Waals surface area contributed by atoms with Crippen LogP contribution in [0.25, 0.3) is 5.78 Å². The molecule has 21 heavy (non-hydrogen) atoms. The van der Waals surface area contributed by atoms with E-state index in [1.165, 1.54) is 6.33 Å². The van der Waals surface area contributed by atoms with Crippen molar-refractivity contribution in [2.24, 2.45) is 0 Å². The first-order valence-electron chi connectivity index (χ1n) is 6.37. The number of benzene rings is 1. The minimum Gasteiger partial charge on any atom is -0.478 e. The predicted molar refractivity (Wildman–Crippen MR) is 76.2 cm³/mol. The number of aromatic carboxylic acids is 1. The van der Waals surface area contributed by atoms with E-state index < -0.39 is 5.97 Å². The SMILES string of the molecule is Cc1cc(NCc2cccc(C(=O)O)c2)n2ncnc2n1. The molecule has 0 bridgehead atoms. The number of nitrogens with zero attached hydrogens (tertiary/aromatic N) is 4. The van der Waals surface area contributed by atoms with Crippen LogP contribution in [-0.2, 0) is 6.54 Å². The second kappa shape index (κ2) is 5.20. The lowest BCUT2D eigenvalue weighted by atomic mass is 10.1. The maximum atomic E-state index is 11.0. The highest BCUT2D eigenvalue weighted by molar-refractivity contribution is 5.87. The molecule has 0 saturated heterocycles. The lowest BCUT2D eigenvalue weighted by Gasteiger charge is -2.09. The fourth-order valence-electron chi connectivity index (χ4n) is 2.06. The summed E-state index contributed by atoms with van der Waals surface area (Å²) in [5.41, 5.74) is 1.97. The van der Waals surface area contributed by atoms with Gasteiger partial charge in [0.2, 0.25) is 0 Å². The van der Waals surface area contributed by atoms with Crippen LogP contribution in [0.15, 0.2) is 36.7 Å². The Morgan fingerprint density at radius 1 is 1.38 bits per heavy atom. The Bertz CT molecular complexity index is 812. The van der Waals surface area contributed by atoms with Crippen LogP contribution in [0.5, 0.6) is 0 Å². The van der Waals surface area contributed by atoms with Gasteiger partial charge in [0.1, 0.15) is 12.1 Å². The van der Waals surface area contributed by atoms with Gasteiger partial charge in [-0.3, -0.25) is 0 Å². The summed E-state index contributed by atoms with van der Waals surface area (Å²) in [6, 6.07) is 8.66. The number of rotatable bonds is 4. The Labute approximate surface area is 120 Å². The molecule has 7 heteroatoms. The number of hydrogen-bond acceptors (Lipinski definition) is 5. The summed E-state index contributed by atoms with van der Waals surface area (Å²) in [7, 11) is 0. The summed E-state index contributed by atoms with van der Waals surface area (Å²) in [6.45, 7) is 2.37. The lowest BCUT2D eigenvalue weighted by Crippen LogP contribution is -2.07. The molecule has 106 valence electrons. The van der Waals surface area contributed by atoms with Gasteiger partial charge >= 0.3 is 5.97 Å². The maximum Gasteiger partial charge on any atom is 0.335 e. The largest absolute Gasteiger partial charge is 0.478 e. The predicted octanol–water partition coefficient (Wildman–Crippen LogP) is 1.74. The number of hydrogen-bond donors (Lipinski definition) is 2. The minimum atomic E-state index is -0.935. The van der Waals surface area contributed by atoms with Gasteiger partial charge in [0.15, 0.2) is 0 Å². The van der Waals surface area contributed by atoms with Crippen LogP contribution in [0.2, 0.25) is 0 Å². The smallest absolute Gasteiger partial charge is 0.335 e. The van der Waals surface area contributed by atoms with Crippen molar-refractivity contribution in [3.05, 3.63) is 53.5 Å². The fourth-order valence-corrected chi connectivity index (χ4v) is 2.06. The van der Waals surface area contributed by atoms with E-state index >= 15 is 0 Å². The molecule has 0 radical (unpaired) electrons. The number of nitrogens with one attached hydrogen (secondary N) is 1. The average molecular weight is 283 g/mol. The molecule has 0 atom stereocenters. The molecule has 1 aromatic carbocycles. The first-order valence-corrected chi connectivity index (χ1v) is 6.37. The van der Waals surface area contributed by atoms with E-state index in [9.17, 15) is 4.79 Å². The van der Waals surface area contributed by atoms with E-state index in [1.807, 2.05) is 19.1 Å². The van der Waals surface area contributed by atoms with Gasteiger partial charge in [-0.2, -0.15) is 14.6 Å². The third kappa shape index (κ3) is 2.66. The van der Waals surface area contributed by atoms with Crippen molar-refractivity contribution in [1.82, 2.24) is 19.6 Å². The molecule has 2 aromatic heterocycles. The van der Waals surface area contributed by atoms with Crippen LogP contribution in [-0.4, -0.2) is 30.7 Å². The average Bonchev–Trinajstić information content (AvgIpc) is 2.93. The summed E-state index contributed by atoms with van der Waals surface area (Å²) in [5.74, 6) is 0.350. The molecule has 7 nitrogen and oxygen atoms in total. The Morgan fingerprint density at radius 2 is 2.24 bits per heavy atom. The van der Waals surface area contributed by atoms with E-state index in [2.05, 4.69) is 20.4 Å². The zero-order chi connectivity index (χ0) is 14.8. The minimum absolute atomic E-state index is 0.270. The van der Waals surface area contributed by atoms with Crippen molar-refractivity contribution in [3.63, 3.8) is 0 Å². The Kier molecular flexibility index (Phi) is 3.23. The first-order chi connectivity index (χ1) is 10.1. The van der Waals surface area contributed by atoms with Crippen molar-refractivity contribution >= 4 is 17.6 Å². The van der Waals surface area contributed by atoms with Gasteiger partial charge in [0.25, 0.3) is 5.78 Å². The molecule has 0 saturated carbocycles. The van der Waals surface area contributed by atoms with E-state index in [0.29, 0.717) is 12.3 Å². The summed E-state index contributed by atoms with van der Waals surface area (Å²) in [4.78, 5) is 19.3. The van der Waals surface area contributed by atoms with Crippen molar-refractivity contribution in [2.45, 2.75) is 13.5 Å². The van der Waals surface area contributed by atoms with Crippen molar-refractivity contribution in [1.29, 1.82) is 0 Å². The molecule has 0 spiro atoms. The molecule has 0 amide bonds. The molecule has 0 aliphatic rings. The molecule has 0 fully saturated rings. The van der Waals surface area contributed by atoms with Gasteiger partial charge in [0, 0.05) is 18.3 Å². The molecular weight excluding hydrogens is 270 g/mol. The quantitative estimate of drug-likeness (QED) is 0.757. The summed E-state index contributed by atoms with van der Waals surface area (Å²) in [6.07, 6.45) is 1.44. The third-order valence-corrected chi connectivity index (χ3v) is 3.03. The second-order valence-electron chi connectivity index (χ2n) is 4.61. The lowest BCUT2D eigenvalue weighted by molar-refractivity contribution is 0.0697. The number of carboxylic acids is 1. The maximum absolute atomic E-state index is 11.0. The van der Waals surface area contributed by atoms with Crippen LogP contribution in [0.4, 0.5) is 5.82 Å². The van der Waals surface area contributed by atoms with Crippen LogP contribution in [0.3, 0.4) is 0 Å². The zero-order valence-corrected chi connectivity index (χ0v) is 11.3. The number of carboxylic acid groups (broad SMARTS) is 1. The van der Waals surface area contributed by atoms with Gasteiger partial charge in [-0.25, -0.2) is 9.78 Å².